The van der Waals surface area contributed by atoms with Crippen LogP contribution in [0.2, 0.25) is 10.0 Å². The van der Waals surface area contributed by atoms with Crippen molar-refractivity contribution in [3.63, 3.8) is 0 Å². The zero-order valence-electron chi connectivity index (χ0n) is 11.6. The molecule has 2 aromatic carbocycles. The number of carbonyl (C=O) groups is 2. The van der Waals surface area contributed by atoms with Crippen LogP contribution < -0.4 is 5.32 Å². The highest BCUT2D eigenvalue weighted by atomic mass is 35.5. The van der Waals surface area contributed by atoms with Gasteiger partial charge < -0.3 is 10.1 Å². The topological polar surface area (TPSA) is 55.4 Å². The molecule has 1 aliphatic heterocycles. The second-order valence-corrected chi connectivity index (χ2v) is 5.86. The van der Waals surface area contributed by atoms with Crippen molar-refractivity contribution in [2.75, 3.05) is 5.32 Å². The van der Waals surface area contributed by atoms with E-state index < -0.39 is 23.8 Å². The van der Waals surface area contributed by atoms with E-state index in [1.54, 1.807) is 6.07 Å². The second kappa shape index (κ2) is 6.18. The Bertz CT molecular complexity index is 810. The highest BCUT2D eigenvalue weighted by Gasteiger charge is 2.31. The first-order valence-electron chi connectivity index (χ1n) is 6.69. The molecule has 7 heteroatoms. The van der Waals surface area contributed by atoms with Crippen molar-refractivity contribution in [1.29, 1.82) is 0 Å². The molecule has 1 unspecified atom stereocenters. The molecule has 1 N–H and O–H groups in total. The van der Waals surface area contributed by atoms with Gasteiger partial charge in [-0.15, -0.1) is 0 Å². The first-order chi connectivity index (χ1) is 10.9. The standard InChI is InChI=1S/C16H10Cl2FNO3/c17-9-1-4-12(18)13(7-9)20-15(21)14-6-8-5-10(19)2-3-11(8)16(22)23-14/h1-5,7,14H,6H2,(H,20,21). The average molecular weight is 354 g/mol. The van der Waals surface area contributed by atoms with Crippen LogP contribution in [0.5, 0.6) is 0 Å². The molecule has 23 heavy (non-hydrogen) atoms. The SMILES string of the molecule is O=C1OC(C(=O)Nc2cc(Cl)ccc2Cl)Cc2cc(F)ccc21. The van der Waals surface area contributed by atoms with Crippen LogP contribution in [0, 0.1) is 5.82 Å². The summed E-state index contributed by atoms with van der Waals surface area (Å²) in [4.78, 5) is 24.2. The van der Waals surface area contributed by atoms with Crippen LogP contribution in [-0.4, -0.2) is 18.0 Å². The number of anilines is 1. The van der Waals surface area contributed by atoms with Crippen LogP contribution >= 0.6 is 23.2 Å². The lowest BCUT2D eigenvalue weighted by atomic mass is 9.98. The van der Waals surface area contributed by atoms with Gasteiger partial charge in [-0.1, -0.05) is 23.2 Å². The maximum atomic E-state index is 13.3. The van der Waals surface area contributed by atoms with Crippen LogP contribution in [0.1, 0.15) is 15.9 Å². The number of carbonyl (C=O) groups excluding carboxylic acids is 2. The van der Waals surface area contributed by atoms with Crippen molar-refractivity contribution in [3.8, 4) is 0 Å². The van der Waals surface area contributed by atoms with Crippen LogP contribution in [0.4, 0.5) is 10.1 Å². The van der Waals surface area contributed by atoms with E-state index in [2.05, 4.69) is 5.32 Å². The molecule has 0 radical (unpaired) electrons. The fourth-order valence-corrected chi connectivity index (χ4v) is 2.65. The number of hydrogen-bond donors (Lipinski definition) is 1. The lowest BCUT2D eigenvalue weighted by Gasteiger charge is -2.24. The number of nitrogens with one attached hydrogen (secondary N) is 1. The molecule has 1 atom stereocenters. The summed E-state index contributed by atoms with van der Waals surface area (Å²) in [7, 11) is 0. The van der Waals surface area contributed by atoms with Crippen molar-refractivity contribution >= 4 is 40.8 Å². The third kappa shape index (κ3) is 3.30. The number of hydrogen-bond acceptors (Lipinski definition) is 3. The number of amides is 1. The molecule has 0 aliphatic carbocycles. The lowest BCUT2D eigenvalue weighted by molar-refractivity contribution is -0.125. The summed E-state index contributed by atoms with van der Waals surface area (Å²) in [6.07, 6.45) is -0.977. The van der Waals surface area contributed by atoms with Crippen molar-refractivity contribution in [2.24, 2.45) is 0 Å². The van der Waals surface area contributed by atoms with Crippen molar-refractivity contribution in [1.82, 2.24) is 0 Å². The molecule has 1 amide bonds. The number of cyclic esters (lactones) is 1. The third-order valence-corrected chi connectivity index (χ3v) is 3.99. The van der Waals surface area contributed by atoms with Gasteiger partial charge in [-0.3, -0.25) is 4.79 Å². The van der Waals surface area contributed by atoms with E-state index in [4.69, 9.17) is 27.9 Å². The number of halogens is 3. The Morgan fingerprint density at radius 3 is 2.78 bits per heavy atom. The fourth-order valence-electron chi connectivity index (χ4n) is 2.32. The van der Waals surface area contributed by atoms with Gasteiger partial charge in [-0.25, -0.2) is 9.18 Å². The van der Waals surface area contributed by atoms with Gasteiger partial charge in [0, 0.05) is 11.4 Å². The van der Waals surface area contributed by atoms with E-state index in [-0.39, 0.29) is 12.0 Å². The van der Waals surface area contributed by atoms with Crippen LogP contribution in [0.3, 0.4) is 0 Å². The van der Waals surface area contributed by atoms with Crippen molar-refractivity contribution in [2.45, 2.75) is 12.5 Å². The van der Waals surface area contributed by atoms with E-state index >= 15 is 0 Å². The van der Waals surface area contributed by atoms with Crippen LogP contribution in [-0.2, 0) is 16.0 Å². The van der Waals surface area contributed by atoms with E-state index in [9.17, 15) is 14.0 Å². The van der Waals surface area contributed by atoms with Crippen LogP contribution in [0.25, 0.3) is 0 Å². The van der Waals surface area contributed by atoms with Gasteiger partial charge in [-0.2, -0.15) is 0 Å². The van der Waals surface area contributed by atoms with Crippen LogP contribution in [0.15, 0.2) is 36.4 Å². The van der Waals surface area contributed by atoms with E-state index in [1.165, 1.54) is 30.3 Å². The molecule has 4 nitrogen and oxygen atoms in total. The minimum atomic E-state index is -1.06. The van der Waals surface area contributed by atoms with Crippen molar-refractivity contribution < 1.29 is 18.7 Å². The molecule has 1 aliphatic rings. The number of ether oxygens (including phenoxy) is 1. The average Bonchev–Trinajstić information content (AvgIpc) is 2.50. The summed E-state index contributed by atoms with van der Waals surface area (Å²) in [5.74, 6) is -1.70. The van der Waals surface area contributed by atoms with Gasteiger partial charge in [0.1, 0.15) is 5.82 Å². The van der Waals surface area contributed by atoms with E-state index in [0.29, 0.717) is 21.3 Å². The number of rotatable bonds is 2. The van der Waals surface area contributed by atoms with Gasteiger partial charge in [0.15, 0.2) is 6.10 Å². The smallest absolute Gasteiger partial charge is 0.339 e. The van der Waals surface area contributed by atoms with Gasteiger partial charge in [0.25, 0.3) is 5.91 Å². The summed E-state index contributed by atoms with van der Waals surface area (Å²) in [6.45, 7) is 0. The summed E-state index contributed by atoms with van der Waals surface area (Å²) < 4.78 is 18.4. The lowest BCUT2D eigenvalue weighted by Crippen LogP contribution is -2.38. The molecule has 0 fully saturated rings. The Hall–Kier alpha value is -2.11. The predicted molar refractivity (Wildman–Crippen MR) is 84.4 cm³/mol. The minimum Gasteiger partial charge on any atom is -0.448 e. The molecule has 2 aromatic rings. The van der Waals surface area contributed by atoms with Gasteiger partial charge >= 0.3 is 5.97 Å². The Morgan fingerprint density at radius 1 is 1.22 bits per heavy atom. The minimum absolute atomic E-state index is 0.0862. The largest absolute Gasteiger partial charge is 0.448 e. The highest BCUT2D eigenvalue weighted by Crippen LogP contribution is 2.27. The number of benzene rings is 2. The summed E-state index contributed by atoms with van der Waals surface area (Å²) >= 11 is 11.8. The number of esters is 1. The Labute approximate surface area is 141 Å². The quantitative estimate of drug-likeness (QED) is 0.834. The predicted octanol–water partition coefficient (Wildman–Crippen LogP) is 3.85. The molecule has 0 bridgehead atoms. The zero-order chi connectivity index (χ0) is 16.6. The molecule has 0 aromatic heterocycles. The first-order valence-corrected chi connectivity index (χ1v) is 7.45. The Kier molecular flexibility index (Phi) is 4.24. The summed E-state index contributed by atoms with van der Waals surface area (Å²) in [5.41, 5.74) is 1.00. The Morgan fingerprint density at radius 2 is 2.00 bits per heavy atom. The first kappa shape index (κ1) is 15.8. The molecular weight excluding hydrogens is 344 g/mol. The molecular formula is C16H10Cl2FNO3. The molecule has 118 valence electrons. The zero-order valence-corrected chi connectivity index (χ0v) is 13.1. The highest BCUT2D eigenvalue weighted by molar-refractivity contribution is 6.35. The van der Waals surface area contributed by atoms with Crippen molar-refractivity contribution in [3.05, 3.63) is 63.4 Å². The summed E-state index contributed by atoms with van der Waals surface area (Å²) in [5, 5.41) is 3.26. The second-order valence-electron chi connectivity index (χ2n) is 5.01. The maximum Gasteiger partial charge on any atom is 0.339 e. The van der Waals surface area contributed by atoms with Gasteiger partial charge in [-0.05, 0) is 42.0 Å². The summed E-state index contributed by atoms with van der Waals surface area (Å²) in [6, 6.07) is 8.35. The molecule has 1 heterocycles. The molecule has 0 saturated heterocycles. The van der Waals surface area contributed by atoms with E-state index in [1.807, 2.05) is 0 Å². The normalized spacial score (nSPS) is 16.5. The monoisotopic (exact) mass is 353 g/mol. The molecule has 0 spiro atoms. The molecule has 3 rings (SSSR count). The third-order valence-electron chi connectivity index (χ3n) is 3.42. The molecule has 0 saturated carbocycles. The van der Waals surface area contributed by atoms with Gasteiger partial charge in [0.2, 0.25) is 0 Å². The maximum absolute atomic E-state index is 13.3. The van der Waals surface area contributed by atoms with E-state index in [0.717, 1.165) is 0 Å². The van der Waals surface area contributed by atoms with Gasteiger partial charge in [0.05, 0.1) is 16.3 Å². The Balaban J connectivity index is 1.81. The number of fused-ring (bicyclic) bond motifs is 1. The fraction of sp³-hybridized carbons (Fsp3) is 0.125.